The second-order valence-corrected chi connectivity index (χ2v) is 9.41. The van der Waals surface area contributed by atoms with Gasteiger partial charge < -0.3 is 4.90 Å². The van der Waals surface area contributed by atoms with E-state index in [0.717, 1.165) is 25.2 Å². The number of nitriles is 1. The highest BCUT2D eigenvalue weighted by Crippen LogP contribution is 2.39. The molecule has 0 bridgehead atoms. The van der Waals surface area contributed by atoms with Gasteiger partial charge in [0.1, 0.15) is 5.82 Å². The summed E-state index contributed by atoms with van der Waals surface area (Å²) in [6, 6.07) is 13.1. The third kappa shape index (κ3) is 5.85. The van der Waals surface area contributed by atoms with Gasteiger partial charge >= 0.3 is 6.18 Å². The largest absolute Gasteiger partial charge is 0.416 e. The van der Waals surface area contributed by atoms with E-state index in [1.807, 2.05) is 13.8 Å². The number of likely N-dealkylation sites (tertiary alicyclic amines) is 1. The molecule has 0 aliphatic carbocycles. The number of nitrogens with zero attached hydrogens (tertiary/aromatic N) is 2. The molecule has 2 aromatic rings. The fourth-order valence-electron chi connectivity index (χ4n) is 4.84. The minimum Gasteiger partial charge on any atom is -0.303 e. The van der Waals surface area contributed by atoms with Crippen LogP contribution in [0.3, 0.4) is 0 Å². The van der Waals surface area contributed by atoms with E-state index in [4.69, 9.17) is 0 Å². The molecule has 1 unspecified atom stereocenters. The lowest BCUT2D eigenvalue weighted by Crippen LogP contribution is -2.38. The van der Waals surface area contributed by atoms with Crippen LogP contribution in [0.15, 0.2) is 48.5 Å². The van der Waals surface area contributed by atoms with Crippen molar-refractivity contribution in [2.75, 3.05) is 19.6 Å². The maximum Gasteiger partial charge on any atom is 0.416 e. The number of benzene rings is 2. The zero-order chi connectivity index (χ0) is 24.9. The molecular formula is C27H30F4N2O. The summed E-state index contributed by atoms with van der Waals surface area (Å²) in [4.78, 5) is 14.9. The Hall–Kier alpha value is -2.72. The SMILES string of the molecule is CC(C)C(C#N)(CCCN1CCC(C(=O)c2ccc(F)cc2)CC1)c1cccc(C(F)(F)F)c1. The van der Waals surface area contributed by atoms with E-state index >= 15 is 0 Å². The van der Waals surface area contributed by atoms with Crippen LogP contribution in [-0.4, -0.2) is 30.3 Å². The van der Waals surface area contributed by atoms with Gasteiger partial charge in [0.15, 0.2) is 5.78 Å². The molecule has 182 valence electrons. The van der Waals surface area contributed by atoms with Crippen molar-refractivity contribution >= 4 is 5.78 Å². The number of hydrogen-bond donors (Lipinski definition) is 0. The van der Waals surface area contributed by atoms with Gasteiger partial charge in [-0.2, -0.15) is 18.4 Å². The van der Waals surface area contributed by atoms with Gasteiger partial charge in [-0.25, -0.2) is 4.39 Å². The van der Waals surface area contributed by atoms with Crippen molar-refractivity contribution in [2.45, 2.75) is 51.1 Å². The zero-order valence-electron chi connectivity index (χ0n) is 19.5. The first-order chi connectivity index (χ1) is 16.1. The second-order valence-electron chi connectivity index (χ2n) is 9.41. The Morgan fingerprint density at radius 2 is 1.71 bits per heavy atom. The maximum absolute atomic E-state index is 13.2. The Kier molecular flexibility index (Phi) is 8.14. The third-order valence-electron chi connectivity index (χ3n) is 7.02. The Morgan fingerprint density at radius 1 is 1.09 bits per heavy atom. The molecule has 1 aliphatic heterocycles. The highest BCUT2D eigenvalue weighted by Gasteiger charge is 2.38. The summed E-state index contributed by atoms with van der Waals surface area (Å²) in [6.07, 6.45) is -1.92. The fraction of sp³-hybridized carbons (Fsp3) is 0.481. The molecule has 1 atom stereocenters. The van der Waals surface area contributed by atoms with Crippen LogP contribution in [0.5, 0.6) is 0 Å². The van der Waals surface area contributed by atoms with E-state index in [1.54, 1.807) is 6.07 Å². The zero-order valence-corrected chi connectivity index (χ0v) is 19.5. The molecule has 3 nitrogen and oxygen atoms in total. The van der Waals surface area contributed by atoms with Crippen molar-refractivity contribution in [3.63, 3.8) is 0 Å². The summed E-state index contributed by atoms with van der Waals surface area (Å²) in [5.41, 5.74) is -0.809. The topological polar surface area (TPSA) is 44.1 Å². The van der Waals surface area contributed by atoms with Gasteiger partial charge in [-0.1, -0.05) is 32.0 Å². The monoisotopic (exact) mass is 474 g/mol. The summed E-state index contributed by atoms with van der Waals surface area (Å²) in [5.74, 6) is -0.584. The number of Topliss-reactive ketones (excluding diaryl/α,β-unsaturated/α-hetero) is 1. The molecule has 2 aromatic carbocycles. The molecular weight excluding hydrogens is 444 g/mol. The van der Waals surface area contributed by atoms with E-state index in [9.17, 15) is 27.6 Å². The van der Waals surface area contributed by atoms with E-state index < -0.39 is 17.2 Å². The van der Waals surface area contributed by atoms with Crippen molar-refractivity contribution in [1.82, 2.24) is 4.90 Å². The number of piperidine rings is 1. The van der Waals surface area contributed by atoms with Gasteiger partial charge in [0.25, 0.3) is 0 Å². The van der Waals surface area contributed by atoms with Crippen molar-refractivity contribution in [1.29, 1.82) is 5.26 Å². The first kappa shape index (κ1) is 25.9. The average Bonchev–Trinajstić information content (AvgIpc) is 2.82. The lowest BCUT2D eigenvalue weighted by molar-refractivity contribution is -0.137. The second kappa shape index (κ2) is 10.7. The van der Waals surface area contributed by atoms with Crippen molar-refractivity contribution in [3.8, 4) is 6.07 Å². The van der Waals surface area contributed by atoms with E-state index in [-0.39, 0.29) is 23.4 Å². The third-order valence-corrected chi connectivity index (χ3v) is 7.02. The van der Waals surface area contributed by atoms with Crippen LogP contribution in [0.2, 0.25) is 0 Å². The van der Waals surface area contributed by atoms with Crippen LogP contribution in [0, 0.1) is 29.0 Å². The molecule has 0 radical (unpaired) electrons. The Balaban J connectivity index is 1.59. The molecule has 34 heavy (non-hydrogen) atoms. The first-order valence-corrected chi connectivity index (χ1v) is 11.7. The minimum absolute atomic E-state index is 0.0347. The molecule has 0 saturated carbocycles. The highest BCUT2D eigenvalue weighted by atomic mass is 19.4. The lowest BCUT2D eigenvalue weighted by atomic mass is 9.69. The summed E-state index contributed by atoms with van der Waals surface area (Å²) in [7, 11) is 0. The van der Waals surface area contributed by atoms with Gasteiger partial charge in [0.05, 0.1) is 17.0 Å². The Labute approximate surface area is 198 Å². The smallest absolute Gasteiger partial charge is 0.303 e. The summed E-state index contributed by atoms with van der Waals surface area (Å²) in [6.45, 7) is 5.93. The summed E-state index contributed by atoms with van der Waals surface area (Å²) in [5, 5.41) is 10.0. The number of carbonyl (C=O) groups is 1. The van der Waals surface area contributed by atoms with Crippen molar-refractivity contribution in [3.05, 3.63) is 71.0 Å². The molecule has 1 heterocycles. The van der Waals surface area contributed by atoms with Crippen LogP contribution in [0.1, 0.15) is 61.0 Å². The van der Waals surface area contributed by atoms with Gasteiger partial charge in [-0.3, -0.25) is 4.79 Å². The van der Waals surface area contributed by atoms with Crippen LogP contribution in [0.25, 0.3) is 0 Å². The van der Waals surface area contributed by atoms with E-state index in [1.165, 1.54) is 30.3 Å². The molecule has 0 aromatic heterocycles. The summed E-state index contributed by atoms with van der Waals surface area (Å²) < 4.78 is 52.8. The van der Waals surface area contributed by atoms with Gasteiger partial charge in [-0.15, -0.1) is 0 Å². The standard InChI is InChI=1S/C27H30F4N2O/c1-19(2)26(18-32,22-5-3-6-23(17-22)27(29,30)31)13-4-14-33-15-11-21(12-16-33)25(34)20-7-9-24(28)10-8-20/h3,5-10,17,19,21H,4,11-16H2,1-2H3. The Morgan fingerprint density at radius 3 is 2.26 bits per heavy atom. The molecule has 1 aliphatic rings. The number of halogens is 4. The molecule has 0 amide bonds. The molecule has 7 heteroatoms. The normalized spacial score (nSPS) is 17.4. The fourth-order valence-corrected chi connectivity index (χ4v) is 4.84. The predicted octanol–water partition coefficient (Wildman–Crippen LogP) is 6.64. The molecule has 3 rings (SSSR count). The molecule has 0 spiro atoms. The van der Waals surface area contributed by atoms with E-state index in [0.29, 0.717) is 43.4 Å². The highest BCUT2D eigenvalue weighted by molar-refractivity contribution is 5.97. The molecule has 1 fully saturated rings. The number of hydrogen-bond acceptors (Lipinski definition) is 3. The van der Waals surface area contributed by atoms with Crippen LogP contribution < -0.4 is 0 Å². The first-order valence-electron chi connectivity index (χ1n) is 11.7. The predicted molar refractivity (Wildman–Crippen MR) is 123 cm³/mol. The summed E-state index contributed by atoms with van der Waals surface area (Å²) >= 11 is 0. The van der Waals surface area contributed by atoms with Gasteiger partial charge in [0.2, 0.25) is 0 Å². The minimum atomic E-state index is -4.45. The maximum atomic E-state index is 13.2. The van der Waals surface area contributed by atoms with E-state index in [2.05, 4.69) is 11.0 Å². The number of rotatable bonds is 8. The number of alkyl halides is 3. The lowest BCUT2D eigenvalue weighted by Gasteiger charge is -2.34. The van der Waals surface area contributed by atoms with Crippen molar-refractivity contribution in [2.24, 2.45) is 11.8 Å². The van der Waals surface area contributed by atoms with Gasteiger partial charge in [-0.05, 0) is 87.1 Å². The molecule has 0 N–H and O–H groups in total. The number of ketones is 1. The average molecular weight is 475 g/mol. The van der Waals surface area contributed by atoms with Crippen LogP contribution >= 0.6 is 0 Å². The van der Waals surface area contributed by atoms with Crippen molar-refractivity contribution < 1.29 is 22.4 Å². The Bertz CT molecular complexity index is 1020. The number of carbonyl (C=O) groups excluding carboxylic acids is 1. The van der Waals surface area contributed by atoms with Crippen LogP contribution in [-0.2, 0) is 11.6 Å². The molecule has 1 saturated heterocycles. The quantitative estimate of drug-likeness (QED) is 0.318. The van der Waals surface area contributed by atoms with Crippen LogP contribution in [0.4, 0.5) is 17.6 Å². The van der Waals surface area contributed by atoms with Gasteiger partial charge in [0, 0.05) is 11.5 Å².